The quantitative estimate of drug-likeness (QED) is 0.619. The van der Waals surface area contributed by atoms with Gasteiger partial charge in [0.15, 0.2) is 5.69 Å². The Kier molecular flexibility index (Phi) is 4.72. The number of para-hydroxylation sites is 1. The molecule has 0 saturated carbocycles. The summed E-state index contributed by atoms with van der Waals surface area (Å²) in [7, 11) is 0. The molecule has 3 rings (SSSR count). The van der Waals surface area contributed by atoms with E-state index in [1.54, 1.807) is 12.1 Å². The zero-order valence-electron chi connectivity index (χ0n) is 12.5. The van der Waals surface area contributed by atoms with Crippen molar-refractivity contribution < 1.29 is 9.59 Å². The molecule has 1 aromatic carbocycles. The zero-order chi connectivity index (χ0) is 16.9. The summed E-state index contributed by atoms with van der Waals surface area (Å²) in [5.41, 5.74) is 1.65. The second-order valence-electron chi connectivity index (χ2n) is 5.04. The number of aromatic amines is 1. The number of pyridine rings is 1. The summed E-state index contributed by atoms with van der Waals surface area (Å²) < 4.78 is 0. The summed E-state index contributed by atoms with van der Waals surface area (Å²) in [6.07, 6.45) is 1.60. The van der Waals surface area contributed by atoms with E-state index in [2.05, 4.69) is 25.8 Å². The van der Waals surface area contributed by atoms with Gasteiger partial charge in [0.1, 0.15) is 5.15 Å². The second kappa shape index (κ2) is 7.10. The van der Waals surface area contributed by atoms with Gasteiger partial charge in [0.05, 0.1) is 17.4 Å². The number of benzene rings is 1. The highest BCUT2D eigenvalue weighted by Gasteiger charge is 2.13. The summed E-state index contributed by atoms with van der Waals surface area (Å²) in [6, 6.07) is 10.6. The third kappa shape index (κ3) is 3.69. The summed E-state index contributed by atoms with van der Waals surface area (Å²) >= 11 is 5.68. The molecule has 0 aliphatic rings. The van der Waals surface area contributed by atoms with Crippen LogP contribution in [0.2, 0.25) is 5.15 Å². The fraction of sp³-hybridized carbons (Fsp3) is 0.125. The third-order valence-corrected chi connectivity index (χ3v) is 3.56. The molecule has 0 radical (unpaired) electrons. The predicted molar refractivity (Wildman–Crippen MR) is 90.9 cm³/mol. The molecule has 0 spiro atoms. The number of hydrogen-bond donors (Lipinski definition) is 3. The lowest BCUT2D eigenvalue weighted by Crippen LogP contribution is -2.28. The molecular weight excluding hydrogens is 330 g/mol. The van der Waals surface area contributed by atoms with Gasteiger partial charge < -0.3 is 10.6 Å². The molecule has 3 aromatic rings. The maximum atomic E-state index is 12.1. The number of H-pyrrole nitrogens is 1. The smallest absolute Gasteiger partial charge is 0.272 e. The van der Waals surface area contributed by atoms with Crippen LogP contribution < -0.4 is 10.6 Å². The lowest BCUT2D eigenvalue weighted by molar-refractivity contribution is -0.116. The van der Waals surface area contributed by atoms with Crippen molar-refractivity contribution in [2.24, 2.45) is 0 Å². The molecule has 24 heavy (non-hydrogen) atoms. The van der Waals surface area contributed by atoms with Crippen LogP contribution in [0, 0.1) is 0 Å². The first kappa shape index (κ1) is 15.9. The number of nitrogens with zero attached hydrogens (tertiary/aromatic N) is 2. The molecule has 0 aliphatic heterocycles. The van der Waals surface area contributed by atoms with Crippen molar-refractivity contribution in [1.82, 2.24) is 20.5 Å². The number of nitrogens with one attached hydrogen (secondary N) is 3. The van der Waals surface area contributed by atoms with Gasteiger partial charge in [0.2, 0.25) is 5.91 Å². The zero-order valence-corrected chi connectivity index (χ0v) is 13.3. The van der Waals surface area contributed by atoms with Crippen molar-refractivity contribution in [1.29, 1.82) is 0 Å². The molecule has 3 N–H and O–H groups in total. The molecule has 0 aliphatic carbocycles. The fourth-order valence-corrected chi connectivity index (χ4v) is 2.29. The Labute approximate surface area is 142 Å². The lowest BCUT2D eigenvalue weighted by atomic mass is 10.2. The van der Waals surface area contributed by atoms with Gasteiger partial charge in [-0.05, 0) is 18.2 Å². The van der Waals surface area contributed by atoms with E-state index in [0.29, 0.717) is 16.5 Å². The Morgan fingerprint density at radius 2 is 2.00 bits per heavy atom. The highest BCUT2D eigenvalue weighted by molar-refractivity contribution is 6.29. The maximum absolute atomic E-state index is 12.1. The van der Waals surface area contributed by atoms with Crippen LogP contribution in [0.15, 0.2) is 42.6 Å². The van der Waals surface area contributed by atoms with Crippen molar-refractivity contribution in [3.63, 3.8) is 0 Å². The first-order chi connectivity index (χ1) is 11.6. The number of aromatic nitrogens is 3. The summed E-state index contributed by atoms with van der Waals surface area (Å²) in [4.78, 5) is 27.9. The van der Waals surface area contributed by atoms with Gasteiger partial charge >= 0.3 is 0 Å². The number of rotatable bonds is 5. The van der Waals surface area contributed by atoms with E-state index < -0.39 is 0 Å². The number of hydrogen-bond acceptors (Lipinski definition) is 4. The van der Waals surface area contributed by atoms with E-state index in [0.717, 1.165) is 10.9 Å². The number of anilines is 1. The Morgan fingerprint density at radius 1 is 1.17 bits per heavy atom. The number of halogens is 1. The standard InChI is InChI=1S/C16H14ClN5O2/c17-13-6-5-10(9-19-13)20-14(23)7-8-18-16(24)15-11-3-1-2-4-12(11)21-22-15/h1-6,9H,7-8H2,(H,18,24)(H,20,23)(H,21,22). The topological polar surface area (TPSA) is 99.8 Å². The fourth-order valence-electron chi connectivity index (χ4n) is 2.18. The molecule has 2 aromatic heterocycles. The molecular formula is C16H14ClN5O2. The average molecular weight is 344 g/mol. The van der Waals surface area contributed by atoms with Gasteiger partial charge in [0, 0.05) is 18.4 Å². The number of fused-ring (bicyclic) bond motifs is 1. The van der Waals surface area contributed by atoms with Crippen molar-refractivity contribution in [2.75, 3.05) is 11.9 Å². The average Bonchev–Trinajstić information content (AvgIpc) is 3.01. The van der Waals surface area contributed by atoms with Gasteiger partial charge in [-0.15, -0.1) is 0 Å². The van der Waals surface area contributed by atoms with Crippen LogP contribution >= 0.6 is 11.6 Å². The van der Waals surface area contributed by atoms with Crippen molar-refractivity contribution in [3.05, 3.63) is 53.4 Å². The minimum Gasteiger partial charge on any atom is -0.350 e. The molecule has 0 unspecified atom stereocenters. The lowest BCUT2D eigenvalue weighted by Gasteiger charge is -2.06. The van der Waals surface area contributed by atoms with Crippen molar-refractivity contribution >= 4 is 40.0 Å². The Morgan fingerprint density at radius 3 is 2.79 bits per heavy atom. The van der Waals surface area contributed by atoms with Crippen LogP contribution in [0.4, 0.5) is 5.69 Å². The van der Waals surface area contributed by atoms with E-state index in [-0.39, 0.29) is 24.8 Å². The molecule has 2 heterocycles. The predicted octanol–water partition coefficient (Wildman–Crippen LogP) is 2.37. The van der Waals surface area contributed by atoms with Crippen LogP contribution in [0.3, 0.4) is 0 Å². The molecule has 0 bridgehead atoms. The van der Waals surface area contributed by atoms with Crippen molar-refractivity contribution in [3.8, 4) is 0 Å². The molecule has 0 fully saturated rings. The number of amides is 2. The van der Waals surface area contributed by atoms with E-state index in [1.165, 1.54) is 6.20 Å². The third-order valence-electron chi connectivity index (χ3n) is 3.33. The van der Waals surface area contributed by atoms with E-state index in [4.69, 9.17) is 11.6 Å². The normalized spacial score (nSPS) is 10.5. The van der Waals surface area contributed by atoms with Crippen LogP contribution in [0.5, 0.6) is 0 Å². The first-order valence-electron chi connectivity index (χ1n) is 7.26. The molecule has 2 amide bonds. The highest BCUT2D eigenvalue weighted by atomic mass is 35.5. The van der Waals surface area contributed by atoms with Gasteiger partial charge in [-0.2, -0.15) is 5.10 Å². The number of carbonyl (C=O) groups is 2. The number of carbonyl (C=O) groups excluding carboxylic acids is 2. The van der Waals surface area contributed by atoms with E-state index in [1.807, 2.05) is 24.3 Å². The Balaban J connectivity index is 1.51. The van der Waals surface area contributed by atoms with Crippen LogP contribution in [-0.4, -0.2) is 33.5 Å². The Hall–Kier alpha value is -2.93. The second-order valence-corrected chi connectivity index (χ2v) is 5.43. The largest absolute Gasteiger partial charge is 0.350 e. The summed E-state index contributed by atoms with van der Waals surface area (Å²) in [6.45, 7) is 0.201. The van der Waals surface area contributed by atoms with Crippen LogP contribution in [0.25, 0.3) is 10.9 Å². The van der Waals surface area contributed by atoms with Gasteiger partial charge in [-0.3, -0.25) is 14.7 Å². The summed E-state index contributed by atoms with van der Waals surface area (Å²) in [5.74, 6) is -0.556. The van der Waals surface area contributed by atoms with Gasteiger partial charge in [-0.25, -0.2) is 4.98 Å². The van der Waals surface area contributed by atoms with E-state index in [9.17, 15) is 9.59 Å². The van der Waals surface area contributed by atoms with Crippen molar-refractivity contribution in [2.45, 2.75) is 6.42 Å². The summed E-state index contributed by atoms with van der Waals surface area (Å²) in [5, 5.41) is 13.3. The molecule has 0 saturated heterocycles. The van der Waals surface area contributed by atoms with E-state index >= 15 is 0 Å². The van der Waals surface area contributed by atoms with Gasteiger partial charge in [-0.1, -0.05) is 29.8 Å². The molecule has 8 heteroatoms. The SMILES string of the molecule is O=C(CCNC(=O)c1n[nH]c2ccccc12)Nc1ccc(Cl)nc1. The minimum atomic E-state index is -0.326. The van der Waals surface area contributed by atoms with Gasteiger partial charge in [0.25, 0.3) is 5.91 Å². The van der Waals surface area contributed by atoms with Crippen LogP contribution in [-0.2, 0) is 4.79 Å². The Bertz CT molecular complexity index is 876. The first-order valence-corrected chi connectivity index (χ1v) is 7.64. The monoisotopic (exact) mass is 343 g/mol. The molecule has 7 nitrogen and oxygen atoms in total. The minimum absolute atomic E-state index is 0.136. The van der Waals surface area contributed by atoms with Crippen LogP contribution in [0.1, 0.15) is 16.9 Å². The highest BCUT2D eigenvalue weighted by Crippen LogP contribution is 2.14. The molecule has 0 atom stereocenters. The maximum Gasteiger partial charge on any atom is 0.272 e. The molecule has 122 valence electrons.